The molecule has 2 rings (SSSR count). The molecule has 2 heterocycles. The normalized spacial score (nSPS) is 27.7. The maximum atomic E-state index is 12.2. The molecule has 8 nitrogen and oxygen atoms in total. The fourth-order valence-electron chi connectivity index (χ4n) is 2.64. The summed E-state index contributed by atoms with van der Waals surface area (Å²) >= 11 is 0. The smallest absolute Gasteiger partial charge is 0.548 e. The molecule has 9 heteroatoms. The fourth-order valence-corrected chi connectivity index (χ4v) is 2.64. The van der Waals surface area contributed by atoms with Gasteiger partial charge in [0.1, 0.15) is 6.10 Å². The predicted octanol–water partition coefficient (Wildman–Crippen LogP) is -4.58. The summed E-state index contributed by atoms with van der Waals surface area (Å²) in [4.78, 5) is 24.4. The molecule has 1 saturated heterocycles. The van der Waals surface area contributed by atoms with Crippen molar-refractivity contribution in [2.45, 2.75) is 56.0 Å². The van der Waals surface area contributed by atoms with Gasteiger partial charge in [-0.2, -0.15) is 10.2 Å². The van der Waals surface area contributed by atoms with Crippen LogP contribution in [0.1, 0.15) is 32.1 Å². The summed E-state index contributed by atoms with van der Waals surface area (Å²) in [6.45, 7) is 0.0569. The van der Waals surface area contributed by atoms with Crippen LogP contribution in [0.2, 0.25) is 0 Å². The van der Waals surface area contributed by atoms with E-state index < -0.39 is 35.8 Å². The summed E-state index contributed by atoms with van der Waals surface area (Å²) in [7, 11) is 0. The number of amides is 1. The van der Waals surface area contributed by atoms with E-state index in [1.54, 1.807) is 0 Å². The van der Waals surface area contributed by atoms with Crippen molar-refractivity contribution in [2.75, 3.05) is 6.54 Å². The zero-order valence-corrected chi connectivity index (χ0v) is 16.1. The zero-order chi connectivity index (χ0) is 16.3. The van der Waals surface area contributed by atoms with Crippen LogP contribution in [0.4, 0.5) is 0 Å². The zero-order valence-electron chi connectivity index (χ0n) is 13.0. The monoisotopic (exact) mass is 347 g/mol. The Labute approximate surface area is 176 Å². The van der Waals surface area contributed by atoms with Crippen molar-refractivity contribution in [3.05, 3.63) is 0 Å². The third-order valence-corrected chi connectivity index (χ3v) is 4.07. The van der Waals surface area contributed by atoms with Gasteiger partial charge in [-0.3, -0.25) is 4.79 Å². The van der Waals surface area contributed by atoms with Crippen LogP contribution in [0.25, 0.3) is 0 Å². The first-order valence-electron chi connectivity index (χ1n) is 7.14. The molecule has 23 heavy (non-hydrogen) atoms. The van der Waals surface area contributed by atoms with E-state index >= 15 is 0 Å². The Kier molecular flexibility index (Phi) is 7.80. The number of carbonyl (C=O) groups is 2. The molecular formula is C14H18KN3O5. The molecule has 0 aromatic heterocycles. The first-order valence-corrected chi connectivity index (χ1v) is 7.14. The second-order valence-electron chi connectivity index (χ2n) is 5.58. The molecule has 0 radical (unpaired) electrons. The van der Waals surface area contributed by atoms with Gasteiger partial charge in [0, 0.05) is 32.2 Å². The van der Waals surface area contributed by atoms with E-state index in [9.17, 15) is 24.9 Å². The predicted molar refractivity (Wildman–Crippen MR) is 72.0 cm³/mol. The van der Waals surface area contributed by atoms with Gasteiger partial charge in [0.2, 0.25) is 5.91 Å². The molecule has 1 amide bonds. The Balaban J connectivity index is 0.00000264. The van der Waals surface area contributed by atoms with Crippen LogP contribution >= 0.6 is 0 Å². The van der Waals surface area contributed by atoms with Gasteiger partial charge in [-0.15, -0.1) is 12.3 Å². The van der Waals surface area contributed by atoms with Gasteiger partial charge in [0.25, 0.3) is 0 Å². The molecule has 0 aromatic carbocycles. The van der Waals surface area contributed by atoms with Crippen LogP contribution in [0.15, 0.2) is 10.2 Å². The Morgan fingerprint density at radius 2 is 2.00 bits per heavy atom. The van der Waals surface area contributed by atoms with Crippen molar-refractivity contribution in [3.8, 4) is 12.3 Å². The van der Waals surface area contributed by atoms with Crippen LogP contribution < -0.4 is 56.5 Å². The second-order valence-corrected chi connectivity index (χ2v) is 5.58. The van der Waals surface area contributed by atoms with Gasteiger partial charge in [-0.25, -0.2) is 0 Å². The van der Waals surface area contributed by atoms with E-state index in [1.165, 1.54) is 0 Å². The van der Waals surface area contributed by atoms with E-state index in [0.717, 1.165) is 4.90 Å². The summed E-state index contributed by atoms with van der Waals surface area (Å²) in [5.41, 5.74) is -0.618. The van der Waals surface area contributed by atoms with Crippen molar-refractivity contribution in [1.82, 2.24) is 4.90 Å². The van der Waals surface area contributed by atoms with Crippen LogP contribution in [0.3, 0.4) is 0 Å². The van der Waals surface area contributed by atoms with Crippen molar-refractivity contribution < 1.29 is 76.3 Å². The second kappa shape index (κ2) is 8.66. The standard InChI is InChI=1S/C14H19N3O5.K/c1-2-3-6-14(15-16-14)7-4-10(19)17-8-5-9(18)12(20)11(17)13(21)22;/h1,9,11-12,18,20H,3-8H2,(H,21,22);/q;+1/p-1/t9-,11+,12-;/m1./s1. The Morgan fingerprint density at radius 1 is 1.35 bits per heavy atom. The van der Waals surface area contributed by atoms with E-state index in [1.807, 2.05) is 0 Å². The topological polar surface area (TPSA) is 126 Å². The van der Waals surface area contributed by atoms with E-state index in [-0.39, 0.29) is 70.8 Å². The molecule has 0 saturated carbocycles. The molecule has 0 aromatic rings. The Bertz CT molecular complexity index is 527. The van der Waals surface area contributed by atoms with Crippen molar-refractivity contribution in [1.29, 1.82) is 0 Å². The van der Waals surface area contributed by atoms with Crippen LogP contribution in [0, 0.1) is 12.3 Å². The maximum Gasteiger partial charge on any atom is 1.00 e. The SMILES string of the molecule is C#CCCC1(CCC(=O)N2CC[C@@H](O)[C@@H](O)[C@H]2C(=O)[O-])N=N1.[K+]. The molecule has 1 fully saturated rings. The number of aliphatic hydroxyl groups excluding tert-OH is 2. The van der Waals surface area contributed by atoms with Gasteiger partial charge in [0.15, 0.2) is 5.66 Å². The number of likely N-dealkylation sites (tertiary alicyclic amines) is 1. The molecule has 3 atom stereocenters. The third kappa shape index (κ3) is 5.06. The molecule has 0 bridgehead atoms. The fraction of sp³-hybridized carbons (Fsp3) is 0.714. The maximum absolute atomic E-state index is 12.2. The molecule has 120 valence electrons. The first-order chi connectivity index (χ1) is 10.4. The number of carbonyl (C=O) groups excluding carboxylic acids is 2. The summed E-state index contributed by atoms with van der Waals surface area (Å²) in [6, 6.07) is -1.54. The molecule has 0 unspecified atom stereocenters. The van der Waals surface area contributed by atoms with Gasteiger partial charge in [0.05, 0.1) is 18.1 Å². The van der Waals surface area contributed by atoms with Crippen molar-refractivity contribution in [2.24, 2.45) is 10.2 Å². The summed E-state index contributed by atoms with van der Waals surface area (Å²) < 4.78 is 0. The molecule has 2 N–H and O–H groups in total. The van der Waals surface area contributed by atoms with Crippen LogP contribution in [-0.4, -0.2) is 57.4 Å². The number of rotatable bonds is 6. The molecule has 2 aliphatic rings. The van der Waals surface area contributed by atoms with Gasteiger partial charge in [-0.1, -0.05) is 0 Å². The molecule has 0 spiro atoms. The number of hydrogen-bond donors (Lipinski definition) is 2. The van der Waals surface area contributed by atoms with Crippen LogP contribution in [-0.2, 0) is 9.59 Å². The van der Waals surface area contributed by atoms with Crippen LogP contribution in [0.5, 0.6) is 0 Å². The third-order valence-electron chi connectivity index (χ3n) is 4.07. The van der Waals surface area contributed by atoms with E-state index in [2.05, 4.69) is 16.1 Å². The summed E-state index contributed by atoms with van der Waals surface area (Å²) in [6.07, 6.45) is 4.03. The quantitative estimate of drug-likeness (QED) is 0.369. The van der Waals surface area contributed by atoms with E-state index in [0.29, 0.717) is 19.3 Å². The average molecular weight is 347 g/mol. The number of carboxylic acid groups (broad SMARTS) is 1. The number of carboxylic acids is 1. The van der Waals surface area contributed by atoms with Gasteiger partial charge in [-0.05, 0) is 6.42 Å². The number of piperidine rings is 1. The number of aliphatic hydroxyl groups is 2. The van der Waals surface area contributed by atoms with Crippen molar-refractivity contribution >= 4 is 11.9 Å². The average Bonchev–Trinajstić information content (AvgIpc) is 3.25. The number of terminal acetylenes is 1. The van der Waals surface area contributed by atoms with Gasteiger partial charge < -0.3 is 25.0 Å². The number of nitrogens with zero attached hydrogens (tertiary/aromatic N) is 3. The van der Waals surface area contributed by atoms with Gasteiger partial charge >= 0.3 is 51.4 Å². The molecule has 2 aliphatic heterocycles. The number of aliphatic carboxylic acids is 1. The molecular weight excluding hydrogens is 329 g/mol. The first kappa shape index (κ1) is 20.7. The summed E-state index contributed by atoms with van der Waals surface area (Å²) in [5, 5.41) is 38.3. The minimum atomic E-state index is -1.58. The Morgan fingerprint density at radius 3 is 2.52 bits per heavy atom. The minimum Gasteiger partial charge on any atom is -0.548 e. The largest absolute Gasteiger partial charge is 1.00 e. The Hall–Kier alpha value is -0.344. The molecule has 0 aliphatic carbocycles. The minimum absolute atomic E-state index is 0. The number of hydrogen-bond acceptors (Lipinski definition) is 7. The van der Waals surface area contributed by atoms with E-state index in [4.69, 9.17) is 6.42 Å². The summed E-state index contributed by atoms with van der Waals surface area (Å²) in [5.74, 6) is 0.471. The van der Waals surface area contributed by atoms with Crippen molar-refractivity contribution in [3.63, 3.8) is 0 Å².